The Morgan fingerprint density at radius 3 is 1.61 bits per heavy atom. The molecule has 13 N–H and O–H groups in total. The molecule has 0 aliphatic carbocycles. The number of amides is 6. The predicted molar refractivity (Wildman–Crippen MR) is 231 cm³/mol. The second kappa shape index (κ2) is 25.6. The van der Waals surface area contributed by atoms with Crippen LogP contribution in [-0.4, -0.2) is 139 Å². The van der Waals surface area contributed by atoms with Crippen molar-refractivity contribution in [1.82, 2.24) is 36.9 Å². The fraction of sp³-hybridized carbons (Fsp3) is 0.610. The third-order valence-corrected chi connectivity index (χ3v) is 10.4. The number of hydrogen-bond acceptors (Lipinski definition) is 12. The van der Waals surface area contributed by atoms with Gasteiger partial charge < -0.3 is 63.0 Å². The molecule has 0 aliphatic heterocycles. The molecule has 6 amide bonds. The highest BCUT2D eigenvalue weighted by Gasteiger charge is 2.36. The molecule has 0 fully saturated rings. The highest BCUT2D eigenvalue weighted by molar-refractivity contribution is 7.98. The molecule has 0 aliphatic rings. The Hall–Kier alpha value is -5.25. The van der Waals surface area contributed by atoms with Crippen molar-refractivity contribution < 1.29 is 58.8 Å². The van der Waals surface area contributed by atoms with Crippen LogP contribution in [0.1, 0.15) is 79.2 Å². The number of aliphatic hydroxyl groups excluding tert-OH is 2. The molecule has 2 aromatic rings. The molecule has 1 aromatic carbocycles. The number of carbonyl (C=O) groups is 8. The van der Waals surface area contributed by atoms with Gasteiger partial charge in [-0.3, -0.25) is 33.6 Å². The van der Waals surface area contributed by atoms with E-state index in [2.05, 4.69) is 36.9 Å². The normalized spacial score (nSPS) is 15.8. The lowest BCUT2D eigenvalue weighted by molar-refractivity contribution is -0.143. The van der Waals surface area contributed by atoms with Gasteiger partial charge in [0.2, 0.25) is 35.4 Å². The minimum Gasteiger partial charge on any atom is -0.481 e. The summed E-state index contributed by atoms with van der Waals surface area (Å²) in [6.45, 7) is 9.40. The lowest BCUT2D eigenvalue weighted by Crippen LogP contribution is -2.62. The van der Waals surface area contributed by atoms with E-state index >= 15 is 0 Å². The first-order chi connectivity index (χ1) is 29.0. The molecule has 20 nitrogen and oxygen atoms in total. The van der Waals surface area contributed by atoms with Gasteiger partial charge in [-0.2, -0.15) is 11.8 Å². The van der Waals surface area contributed by atoms with Gasteiger partial charge in [0.05, 0.1) is 18.2 Å². The van der Waals surface area contributed by atoms with Crippen LogP contribution in [0.25, 0.3) is 10.9 Å². The SMILES string of the molecule is CSCC[C@H](NC(=O)[C@@H](N)Cc1c[nH]c2ccccc12)C(=O)N[C@H](C(=O)N[C@@H](CCC(=O)O)C(=O)N[C@H](C(=O)N[C@@H](CC(C)C)C(=O)N[C@@H](CC(C)C)C(=O)O)[C@@H](C)O)[C@@H](C)O. The van der Waals surface area contributed by atoms with Crippen LogP contribution in [0.5, 0.6) is 0 Å². The molecule has 0 unspecified atom stereocenters. The van der Waals surface area contributed by atoms with Crippen LogP contribution >= 0.6 is 11.8 Å². The van der Waals surface area contributed by atoms with Crippen LogP contribution < -0.4 is 37.6 Å². The highest BCUT2D eigenvalue weighted by Crippen LogP contribution is 2.19. The van der Waals surface area contributed by atoms with Crippen LogP contribution in [0.15, 0.2) is 30.5 Å². The summed E-state index contributed by atoms with van der Waals surface area (Å²) < 4.78 is 0. The highest BCUT2D eigenvalue weighted by atomic mass is 32.2. The number of nitrogens with one attached hydrogen (secondary N) is 7. The number of rotatable bonds is 27. The summed E-state index contributed by atoms with van der Waals surface area (Å²) in [6.07, 6.45) is -0.439. The van der Waals surface area contributed by atoms with E-state index in [1.807, 2.05) is 24.3 Å². The predicted octanol–water partition coefficient (Wildman–Crippen LogP) is -0.497. The summed E-state index contributed by atoms with van der Waals surface area (Å²) in [5, 5.41) is 55.7. The molecule has 1 heterocycles. The van der Waals surface area contributed by atoms with Crippen LogP contribution in [-0.2, 0) is 44.8 Å². The van der Waals surface area contributed by atoms with E-state index in [1.165, 1.54) is 18.7 Å². The third-order valence-electron chi connectivity index (χ3n) is 9.76. The number of carboxylic acid groups (broad SMARTS) is 2. The molecule has 2 rings (SSSR count). The molecule has 9 atom stereocenters. The molecular weight excluding hydrogens is 829 g/mol. The monoisotopic (exact) mass is 892 g/mol. The van der Waals surface area contributed by atoms with Crippen molar-refractivity contribution in [2.75, 3.05) is 12.0 Å². The standard InChI is InChI=1S/C41H64N8O12S/c1-20(2)16-30(38(57)47-31(41(60)61)17-21(3)4)46-40(59)34(23(6)51)48-36(55)28(12-13-32(52)53)45-39(58)33(22(5)50)49-37(56)29(14-15-62-7)44-35(54)26(42)18-24-19-43-27-11-9-8-10-25(24)27/h8-11,19-23,26,28-31,33-34,43,50-51H,12-18,42H2,1-7H3,(H,44,54)(H,45,58)(H,46,59)(H,47,57)(H,48,55)(H,49,56)(H,52,53)(H,60,61)/t22-,23-,26+,28+,29+,30+,31+,33+,34+/m1/s1. The Bertz CT molecular complexity index is 1850. The van der Waals surface area contributed by atoms with Crippen molar-refractivity contribution in [3.05, 3.63) is 36.0 Å². The second-order valence-electron chi connectivity index (χ2n) is 16.2. The number of benzene rings is 1. The van der Waals surface area contributed by atoms with Gasteiger partial charge in [0.1, 0.15) is 36.3 Å². The summed E-state index contributed by atoms with van der Waals surface area (Å²) in [5.74, 6) is -8.09. The number of thioether (sulfide) groups is 1. The molecule has 0 saturated carbocycles. The summed E-state index contributed by atoms with van der Waals surface area (Å²) in [6, 6.07) is -2.53. The molecule has 0 radical (unpaired) electrons. The first-order valence-electron chi connectivity index (χ1n) is 20.5. The Morgan fingerprint density at radius 1 is 0.645 bits per heavy atom. The summed E-state index contributed by atoms with van der Waals surface area (Å²) >= 11 is 1.38. The van der Waals surface area contributed by atoms with Crippen molar-refractivity contribution >= 4 is 70.0 Å². The second-order valence-corrected chi connectivity index (χ2v) is 17.2. The number of hydrogen-bond donors (Lipinski definition) is 12. The quantitative estimate of drug-likeness (QED) is 0.0539. The number of carbonyl (C=O) groups excluding carboxylic acids is 6. The van der Waals surface area contributed by atoms with E-state index in [0.29, 0.717) is 5.75 Å². The number of carboxylic acids is 2. The zero-order valence-corrected chi connectivity index (χ0v) is 37.0. The molecule has 346 valence electrons. The Labute approximate surface area is 365 Å². The van der Waals surface area contributed by atoms with E-state index in [-0.39, 0.29) is 37.5 Å². The molecule has 1 aromatic heterocycles. The summed E-state index contributed by atoms with van der Waals surface area (Å²) in [7, 11) is 0. The van der Waals surface area contributed by atoms with E-state index < -0.39 is 115 Å². The van der Waals surface area contributed by atoms with E-state index in [4.69, 9.17) is 5.73 Å². The minimum absolute atomic E-state index is 0.0510. The van der Waals surface area contributed by atoms with Crippen molar-refractivity contribution in [3.8, 4) is 0 Å². The van der Waals surface area contributed by atoms with Crippen LogP contribution in [0, 0.1) is 11.8 Å². The molecule has 0 bridgehead atoms. The van der Waals surface area contributed by atoms with Crippen molar-refractivity contribution in [2.24, 2.45) is 17.6 Å². The molecule has 21 heteroatoms. The van der Waals surface area contributed by atoms with Gasteiger partial charge in [-0.15, -0.1) is 0 Å². The largest absolute Gasteiger partial charge is 0.481 e. The van der Waals surface area contributed by atoms with Crippen molar-refractivity contribution in [1.29, 1.82) is 0 Å². The fourth-order valence-corrected chi connectivity index (χ4v) is 6.93. The van der Waals surface area contributed by atoms with Crippen LogP contribution in [0.2, 0.25) is 0 Å². The third kappa shape index (κ3) is 17.3. The van der Waals surface area contributed by atoms with E-state index in [1.54, 1.807) is 40.1 Å². The number of fused-ring (bicyclic) bond motifs is 1. The number of aliphatic carboxylic acids is 2. The maximum atomic E-state index is 13.7. The maximum Gasteiger partial charge on any atom is 0.326 e. The number of H-pyrrole nitrogens is 1. The van der Waals surface area contributed by atoms with Gasteiger partial charge in [-0.05, 0) is 81.4 Å². The first-order valence-corrected chi connectivity index (χ1v) is 21.9. The molecule has 0 saturated heterocycles. The summed E-state index contributed by atoms with van der Waals surface area (Å²) in [5.41, 5.74) is 7.89. The summed E-state index contributed by atoms with van der Waals surface area (Å²) in [4.78, 5) is 108. The Balaban J connectivity index is 2.26. The maximum absolute atomic E-state index is 13.7. The molecule has 0 spiro atoms. The van der Waals surface area contributed by atoms with Crippen molar-refractivity contribution in [3.63, 3.8) is 0 Å². The lowest BCUT2D eigenvalue weighted by Gasteiger charge is -2.29. The zero-order valence-electron chi connectivity index (χ0n) is 36.2. The zero-order chi connectivity index (χ0) is 46.8. The van der Waals surface area contributed by atoms with Gasteiger partial charge in [-0.25, -0.2) is 4.79 Å². The first kappa shape index (κ1) is 52.9. The van der Waals surface area contributed by atoms with E-state index in [0.717, 1.165) is 23.4 Å². The molecule has 62 heavy (non-hydrogen) atoms. The minimum atomic E-state index is -1.75. The van der Waals surface area contributed by atoms with Crippen LogP contribution in [0.4, 0.5) is 0 Å². The number of para-hydroxylation sites is 1. The molecular formula is C41H64N8O12S. The number of aromatic amines is 1. The Morgan fingerprint density at radius 2 is 1.11 bits per heavy atom. The van der Waals surface area contributed by atoms with Crippen molar-refractivity contribution in [2.45, 2.75) is 135 Å². The Kier molecular flexibility index (Phi) is 21.9. The van der Waals surface area contributed by atoms with Gasteiger partial charge in [0, 0.05) is 23.5 Å². The lowest BCUT2D eigenvalue weighted by atomic mass is 10.00. The van der Waals surface area contributed by atoms with Gasteiger partial charge >= 0.3 is 11.9 Å². The number of nitrogens with two attached hydrogens (primary N) is 1. The fourth-order valence-electron chi connectivity index (χ4n) is 6.46. The van der Waals surface area contributed by atoms with E-state index in [9.17, 15) is 58.8 Å². The van der Waals surface area contributed by atoms with Gasteiger partial charge in [0.15, 0.2) is 0 Å². The number of aliphatic hydroxyl groups is 2. The average molecular weight is 893 g/mol. The number of aromatic nitrogens is 1. The van der Waals surface area contributed by atoms with Crippen LogP contribution in [0.3, 0.4) is 0 Å². The average Bonchev–Trinajstić information content (AvgIpc) is 3.59. The topological polar surface area (TPSA) is 331 Å². The van der Waals surface area contributed by atoms with Gasteiger partial charge in [0.25, 0.3) is 0 Å². The smallest absolute Gasteiger partial charge is 0.326 e. The van der Waals surface area contributed by atoms with Gasteiger partial charge in [-0.1, -0.05) is 45.9 Å².